The molecule has 4 heteroatoms. The number of hydrogen-bond donors (Lipinski definition) is 0. The van der Waals surface area contributed by atoms with Crippen LogP contribution < -0.4 is 0 Å². The fraction of sp³-hybridized carbons (Fsp3) is 0.786. The Balaban J connectivity index is 2.22. The minimum Gasteiger partial charge on any atom is -0.295 e. The highest BCUT2D eigenvalue weighted by molar-refractivity contribution is 7.99. The lowest BCUT2D eigenvalue weighted by molar-refractivity contribution is 0.154. The van der Waals surface area contributed by atoms with Crippen molar-refractivity contribution in [2.24, 2.45) is 10.5 Å². The first-order chi connectivity index (χ1) is 8.56. The van der Waals surface area contributed by atoms with Crippen molar-refractivity contribution in [3.8, 4) is 0 Å². The first-order valence-corrected chi connectivity index (χ1v) is 7.97. The highest BCUT2D eigenvalue weighted by Gasteiger charge is 2.41. The molecule has 0 aromatic carbocycles. The van der Waals surface area contributed by atoms with Crippen LogP contribution in [0.3, 0.4) is 0 Å². The molecule has 0 aliphatic carbocycles. The van der Waals surface area contributed by atoms with Gasteiger partial charge >= 0.3 is 0 Å². The van der Waals surface area contributed by atoms with Crippen LogP contribution in [0.25, 0.3) is 0 Å². The Morgan fingerprint density at radius 3 is 2.78 bits per heavy atom. The molecule has 3 nitrogen and oxygen atoms in total. The normalized spacial score (nSPS) is 30.9. The lowest BCUT2D eigenvalue weighted by Crippen LogP contribution is -2.42. The quantitative estimate of drug-likeness (QED) is 0.717. The number of rotatable bonds is 2. The van der Waals surface area contributed by atoms with Crippen LogP contribution in [0, 0.1) is 5.41 Å². The third-order valence-corrected chi connectivity index (χ3v) is 5.25. The Labute approximate surface area is 115 Å². The Kier molecular flexibility index (Phi) is 4.38. The molecule has 2 rings (SSSR count). The molecular weight excluding hydrogens is 242 g/mol. The van der Waals surface area contributed by atoms with Gasteiger partial charge in [0.05, 0.1) is 0 Å². The SMILES string of the molecule is C=C1CN(C(C)C)CC2(CCSC2)CN1/N=C\C. The van der Waals surface area contributed by atoms with Crippen LogP contribution in [-0.4, -0.2) is 53.3 Å². The summed E-state index contributed by atoms with van der Waals surface area (Å²) in [5.41, 5.74) is 1.54. The maximum Gasteiger partial charge on any atom is 0.0489 e. The molecule has 1 atom stereocenters. The van der Waals surface area contributed by atoms with Crippen LogP contribution >= 0.6 is 11.8 Å². The van der Waals surface area contributed by atoms with Crippen molar-refractivity contribution < 1.29 is 0 Å². The van der Waals surface area contributed by atoms with Crippen LogP contribution in [0.15, 0.2) is 17.4 Å². The number of thioether (sulfide) groups is 1. The molecule has 0 N–H and O–H groups in total. The van der Waals surface area contributed by atoms with Gasteiger partial charge in [-0.25, -0.2) is 0 Å². The molecule has 0 amide bonds. The van der Waals surface area contributed by atoms with Crippen molar-refractivity contribution in [3.05, 3.63) is 12.3 Å². The lowest BCUT2D eigenvalue weighted by Gasteiger charge is -2.34. The van der Waals surface area contributed by atoms with Gasteiger partial charge < -0.3 is 0 Å². The summed E-state index contributed by atoms with van der Waals surface area (Å²) in [6.07, 6.45) is 3.19. The minimum absolute atomic E-state index is 0.404. The molecule has 0 saturated carbocycles. The summed E-state index contributed by atoms with van der Waals surface area (Å²) < 4.78 is 0. The molecule has 1 unspecified atom stereocenters. The maximum atomic E-state index is 4.51. The van der Waals surface area contributed by atoms with Crippen molar-refractivity contribution in [3.63, 3.8) is 0 Å². The monoisotopic (exact) mass is 267 g/mol. The van der Waals surface area contributed by atoms with Crippen LogP contribution in [0.2, 0.25) is 0 Å². The van der Waals surface area contributed by atoms with E-state index in [-0.39, 0.29) is 0 Å². The van der Waals surface area contributed by atoms with E-state index in [1.165, 1.54) is 24.5 Å². The first kappa shape index (κ1) is 13.9. The Morgan fingerprint density at radius 1 is 1.44 bits per heavy atom. The van der Waals surface area contributed by atoms with Crippen molar-refractivity contribution in [2.45, 2.75) is 33.2 Å². The molecule has 1 spiro atoms. The third-order valence-electron chi connectivity index (χ3n) is 3.94. The molecular formula is C14H25N3S. The van der Waals surface area contributed by atoms with Crippen LogP contribution in [0.5, 0.6) is 0 Å². The molecule has 102 valence electrons. The number of hydrogen-bond acceptors (Lipinski definition) is 4. The predicted octanol–water partition coefficient (Wildman–Crippen LogP) is 2.66. The van der Waals surface area contributed by atoms with Gasteiger partial charge in [0, 0.05) is 48.8 Å². The van der Waals surface area contributed by atoms with Crippen LogP contribution in [0.1, 0.15) is 27.2 Å². The molecule has 2 fully saturated rings. The third kappa shape index (κ3) is 2.91. The highest BCUT2D eigenvalue weighted by Crippen LogP contribution is 2.40. The van der Waals surface area contributed by atoms with Gasteiger partial charge in [-0.05, 0) is 32.9 Å². The molecule has 2 heterocycles. The van der Waals surface area contributed by atoms with E-state index in [1.807, 2.05) is 13.1 Å². The fourth-order valence-corrected chi connectivity index (χ4v) is 4.29. The summed E-state index contributed by atoms with van der Waals surface area (Å²) in [5, 5.41) is 6.64. The van der Waals surface area contributed by atoms with Gasteiger partial charge in [0.2, 0.25) is 0 Å². The van der Waals surface area contributed by atoms with Crippen molar-refractivity contribution in [1.82, 2.24) is 9.91 Å². The largest absolute Gasteiger partial charge is 0.295 e. The second kappa shape index (κ2) is 5.66. The summed E-state index contributed by atoms with van der Waals surface area (Å²) in [7, 11) is 0. The number of nitrogens with zero attached hydrogens (tertiary/aromatic N) is 3. The van der Waals surface area contributed by atoms with Crippen LogP contribution in [0.4, 0.5) is 0 Å². The zero-order valence-corrected chi connectivity index (χ0v) is 12.7. The van der Waals surface area contributed by atoms with E-state index < -0.39 is 0 Å². The Hall–Kier alpha value is -0.480. The lowest BCUT2D eigenvalue weighted by atomic mass is 9.86. The molecule has 18 heavy (non-hydrogen) atoms. The van der Waals surface area contributed by atoms with Gasteiger partial charge in [-0.3, -0.25) is 9.91 Å². The first-order valence-electron chi connectivity index (χ1n) is 6.82. The van der Waals surface area contributed by atoms with Gasteiger partial charge in [0.25, 0.3) is 0 Å². The van der Waals surface area contributed by atoms with E-state index in [0.29, 0.717) is 11.5 Å². The zero-order valence-electron chi connectivity index (χ0n) is 11.9. The van der Waals surface area contributed by atoms with Crippen molar-refractivity contribution in [1.29, 1.82) is 0 Å². The Bertz CT molecular complexity index is 332. The molecule has 0 aromatic heterocycles. The predicted molar refractivity (Wildman–Crippen MR) is 81.1 cm³/mol. The second-order valence-electron chi connectivity index (χ2n) is 5.80. The van der Waals surface area contributed by atoms with Gasteiger partial charge in [0.1, 0.15) is 0 Å². The minimum atomic E-state index is 0.404. The zero-order chi connectivity index (χ0) is 13.2. The van der Waals surface area contributed by atoms with Gasteiger partial charge in [0.15, 0.2) is 0 Å². The fourth-order valence-electron chi connectivity index (χ4n) is 2.81. The standard InChI is InChI=1S/C14H25N3S/c1-5-15-17-10-14(6-7-18-11-14)9-16(12(2)3)8-13(17)4/h5,12H,4,6-11H2,1-3H3/b15-5-. The summed E-state index contributed by atoms with van der Waals surface area (Å²) in [5.74, 6) is 2.56. The summed E-state index contributed by atoms with van der Waals surface area (Å²) in [6.45, 7) is 13.9. The topological polar surface area (TPSA) is 18.8 Å². The molecule has 0 radical (unpaired) electrons. The van der Waals surface area contributed by atoms with Crippen molar-refractivity contribution in [2.75, 3.05) is 31.1 Å². The average Bonchev–Trinajstić information content (AvgIpc) is 2.70. The van der Waals surface area contributed by atoms with E-state index in [0.717, 1.165) is 18.8 Å². The highest BCUT2D eigenvalue weighted by atomic mass is 32.2. The van der Waals surface area contributed by atoms with E-state index in [1.54, 1.807) is 0 Å². The smallest absolute Gasteiger partial charge is 0.0489 e. The summed E-state index contributed by atoms with van der Waals surface area (Å²) in [6, 6.07) is 0.579. The molecule has 2 aliphatic heterocycles. The van der Waals surface area contributed by atoms with Crippen LogP contribution in [-0.2, 0) is 0 Å². The molecule has 2 aliphatic rings. The Morgan fingerprint density at radius 2 is 2.22 bits per heavy atom. The van der Waals surface area contributed by atoms with Gasteiger partial charge in [-0.2, -0.15) is 16.9 Å². The van der Waals surface area contributed by atoms with Gasteiger partial charge in [-0.1, -0.05) is 6.58 Å². The second-order valence-corrected chi connectivity index (χ2v) is 6.90. The molecule has 2 saturated heterocycles. The van der Waals surface area contributed by atoms with E-state index >= 15 is 0 Å². The number of hydrazone groups is 1. The molecule has 0 aromatic rings. The summed E-state index contributed by atoms with van der Waals surface area (Å²) in [4.78, 5) is 2.55. The molecule has 0 bridgehead atoms. The average molecular weight is 267 g/mol. The van der Waals surface area contributed by atoms with Crippen molar-refractivity contribution >= 4 is 18.0 Å². The summed E-state index contributed by atoms with van der Waals surface area (Å²) >= 11 is 2.09. The van der Waals surface area contributed by atoms with Gasteiger partial charge in [-0.15, -0.1) is 0 Å². The van der Waals surface area contributed by atoms with E-state index in [4.69, 9.17) is 0 Å². The van der Waals surface area contributed by atoms with E-state index in [9.17, 15) is 0 Å². The van der Waals surface area contributed by atoms with E-state index in [2.05, 4.69) is 47.2 Å². The maximum absolute atomic E-state index is 4.51.